The molecule has 0 aliphatic heterocycles. The quantitative estimate of drug-likeness (QED) is 0.302. The highest BCUT2D eigenvalue weighted by molar-refractivity contribution is 6.30. The Bertz CT molecular complexity index is 1530. The van der Waals surface area contributed by atoms with Crippen LogP contribution in [0.3, 0.4) is 0 Å². The van der Waals surface area contributed by atoms with Crippen molar-refractivity contribution in [1.29, 1.82) is 0 Å². The van der Waals surface area contributed by atoms with Gasteiger partial charge in [0.2, 0.25) is 5.88 Å². The van der Waals surface area contributed by atoms with E-state index in [1.165, 1.54) is 29.9 Å². The van der Waals surface area contributed by atoms with E-state index in [1.807, 2.05) is 0 Å². The molecule has 0 aliphatic carbocycles. The smallest absolute Gasteiger partial charge is 0.333 e. The number of pyridine rings is 1. The van der Waals surface area contributed by atoms with E-state index in [9.17, 15) is 18.8 Å². The van der Waals surface area contributed by atoms with E-state index >= 15 is 0 Å². The number of ether oxygens (including phenoxy) is 2. The molecule has 4 rings (SSSR count). The van der Waals surface area contributed by atoms with E-state index in [2.05, 4.69) is 10.3 Å². The molecule has 9 nitrogen and oxygen atoms in total. The topological polar surface area (TPSA) is 104 Å². The van der Waals surface area contributed by atoms with E-state index in [4.69, 9.17) is 21.1 Å². The molecule has 0 radical (unpaired) electrons. The highest BCUT2D eigenvalue weighted by atomic mass is 35.5. The molecule has 0 aliphatic rings. The van der Waals surface area contributed by atoms with Gasteiger partial charge < -0.3 is 14.8 Å². The van der Waals surface area contributed by atoms with Crippen molar-refractivity contribution in [3.8, 4) is 11.6 Å². The number of hydrogen-bond donors (Lipinski definition) is 1. The molecule has 4 aromatic rings. The Morgan fingerprint density at radius 1 is 1.08 bits per heavy atom. The molecule has 0 spiro atoms. The zero-order valence-electron chi connectivity index (χ0n) is 20.6. The predicted molar refractivity (Wildman–Crippen MR) is 141 cm³/mol. The van der Waals surface area contributed by atoms with E-state index < -0.39 is 29.1 Å². The van der Waals surface area contributed by atoms with Gasteiger partial charge in [-0.15, -0.1) is 0 Å². The fourth-order valence-electron chi connectivity index (χ4n) is 3.74. The lowest BCUT2D eigenvalue weighted by atomic mass is 10.2. The first-order chi connectivity index (χ1) is 18.2. The second-order valence-corrected chi connectivity index (χ2v) is 8.86. The summed E-state index contributed by atoms with van der Waals surface area (Å²) in [5.41, 5.74) is 0.201. The molecule has 0 saturated heterocycles. The largest absolute Gasteiger partial charge is 0.469 e. The molecule has 38 heavy (non-hydrogen) atoms. The van der Waals surface area contributed by atoms with Crippen LogP contribution in [0.1, 0.15) is 24.9 Å². The molecule has 1 atom stereocenters. The van der Waals surface area contributed by atoms with Gasteiger partial charge in [-0.1, -0.05) is 23.7 Å². The van der Waals surface area contributed by atoms with Crippen LogP contribution < -0.4 is 21.3 Å². The maximum absolute atomic E-state index is 13.5. The molecule has 0 bridgehead atoms. The zero-order valence-corrected chi connectivity index (χ0v) is 21.3. The summed E-state index contributed by atoms with van der Waals surface area (Å²) in [6, 6.07) is 16.9. The van der Waals surface area contributed by atoms with Crippen LogP contribution in [0.5, 0.6) is 11.6 Å². The van der Waals surface area contributed by atoms with Gasteiger partial charge in [0.05, 0.1) is 26.3 Å². The predicted octanol–water partition coefficient (Wildman–Crippen LogP) is 4.91. The van der Waals surface area contributed by atoms with E-state index in [1.54, 1.807) is 55.5 Å². The van der Waals surface area contributed by atoms with Crippen LogP contribution >= 0.6 is 11.6 Å². The number of nitrogens with one attached hydrogen (secondary N) is 1. The number of methoxy groups -OCH3 is 1. The second-order valence-electron chi connectivity index (χ2n) is 8.43. The maximum atomic E-state index is 13.5. The molecule has 2 aromatic heterocycles. The van der Waals surface area contributed by atoms with Gasteiger partial charge in [-0.3, -0.25) is 18.7 Å². The SMILES string of the molecule is COC(=O)C[C@H](C)n1c(=O)cc(Nc2ccc(Oc3ccc(F)cn3)cc2)n(Cc2ccc(Cl)cc2)c1=O. The number of carbonyl (C=O) groups is 1. The van der Waals surface area contributed by atoms with Gasteiger partial charge in [0, 0.05) is 28.9 Å². The Morgan fingerprint density at radius 3 is 2.42 bits per heavy atom. The third-order valence-corrected chi connectivity index (χ3v) is 5.91. The molecule has 196 valence electrons. The summed E-state index contributed by atoms with van der Waals surface area (Å²) in [5.74, 6) is -0.0595. The average molecular weight is 539 g/mol. The third kappa shape index (κ3) is 6.46. The second kappa shape index (κ2) is 11.7. The Labute approximate surface area is 222 Å². The minimum atomic E-state index is -0.718. The minimum Gasteiger partial charge on any atom is -0.469 e. The molecule has 11 heteroatoms. The van der Waals surface area contributed by atoms with Crippen molar-refractivity contribution in [3.63, 3.8) is 0 Å². The molecule has 2 aromatic carbocycles. The summed E-state index contributed by atoms with van der Waals surface area (Å²) in [5, 5.41) is 3.66. The fourth-order valence-corrected chi connectivity index (χ4v) is 3.87. The Kier molecular flexibility index (Phi) is 8.22. The molecule has 2 heterocycles. The lowest BCUT2D eigenvalue weighted by molar-refractivity contribution is -0.141. The number of benzene rings is 2. The Balaban J connectivity index is 1.66. The van der Waals surface area contributed by atoms with Gasteiger partial charge in [-0.25, -0.2) is 14.2 Å². The van der Waals surface area contributed by atoms with Crippen molar-refractivity contribution in [2.45, 2.75) is 25.9 Å². The van der Waals surface area contributed by atoms with Crippen molar-refractivity contribution >= 4 is 29.1 Å². The van der Waals surface area contributed by atoms with Crippen LogP contribution in [0.4, 0.5) is 15.9 Å². The molecular weight excluding hydrogens is 515 g/mol. The monoisotopic (exact) mass is 538 g/mol. The minimum absolute atomic E-state index is 0.135. The number of esters is 1. The van der Waals surface area contributed by atoms with Gasteiger partial charge in [0.15, 0.2) is 0 Å². The van der Waals surface area contributed by atoms with Crippen molar-refractivity contribution in [3.05, 3.63) is 110 Å². The number of anilines is 2. The highest BCUT2D eigenvalue weighted by Crippen LogP contribution is 2.23. The van der Waals surface area contributed by atoms with Crippen molar-refractivity contribution < 1.29 is 18.7 Å². The zero-order chi connectivity index (χ0) is 27.2. The van der Waals surface area contributed by atoms with Gasteiger partial charge in [-0.2, -0.15) is 0 Å². The number of aromatic nitrogens is 3. The number of rotatable bonds is 9. The van der Waals surface area contributed by atoms with Crippen LogP contribution in [-0.2, 0) is 16.1 Å². The van der Waals surface area contributed by atoms with Crippen LogP contribution in [0, 0.1) is 5.82 Å². The first-order valence-corrected chi connectivity index (χ1v) is 12.0. The molecule has 0 amide bonds. The summed E-state index contributed by atoms with van der Waals surface area (Å²) in [6.45, 7) is 1.75. The normalized spacial score (nSPS) is 11.6. The van der Waals surface area contributed by atoms with Crippen molar-refractivity contribution in [2.24, 2.45) is 0 Å². The summed E-state index contributed by atoms with van der Waals surface area (Å²) >= 11 is 6.00. The van der Waals surface area contributed by atoms with Crippen LogP contribution in [0.25, 0.3) is 0 Å². The Hall–Kier alpha value is -4.44. The van der Waals surface area contributed by atoms with E-state index in [0.717, 1.165) is 16.3 Å². The van der Waals surface area contributed by atoms with Gasteiger partial charge in [0.25, 0.3) is 5.56 Å². The molecule has 0 fully saturated rings. The van der Waals surface area contributed by atoms with Crippen LogP contribution in [-0.4, -0.2) is 27.2 Å². The number of halogens is 2. The lowest BCUT2D eigenvalue weighted by Gasteiger charge is -2.20. The first-order valence-electron chi connectivity index (χ1n) is 11.6. The Morgan fingerprint density at radius 2 is 1.79 bits per heavy atom. The lowest BCUT2D eigenvalue weighted by Crippen LogP contribution is -2.42. The highest BCUT2D eigenvalue weighted by Gasteiger charge is 2.19. The van der Waals surface area contributed by atoms with Gasteiger partial charge >= 0.3 is 11.7 Å². The number of carbonyl (C=O) groups excluding carboxylic acids is 1. The molecule has 1 N–H and O–H groups in total. The summed E-state index contributed by atoms with van der Waals surface area (Å²) in [6.07, 6.45) is 0.920. The van der Waals surface area contributed by atoms with Crippen molar-refractivity contribution in [2.75, 3.05) is 12.4 Å². The average Bonchev–Trinajstić information content (AvgIpc) is 2.89. The fraction of sp³-hybridized carbons (Fsp3) is 0.185. The molecule has 0 saturated carbocycles. The van der Waals surface area contributed by atoms with Crippen molar-refractivity contribution in [1.82, 2.24) is 14.1 Å². The standard InChI is InChI=1S/C27H24ClFN4O5/c1-17(13-26(35)37-2)33-25(34)14-23(32(27(33)36)16-18-3-5-19(28)6-4-18)31-21-8-10-22(11-9-21)38-24-12-7-20(29)15-30-24/h3-12,14-15,17,31H,13,16H2,1-2H3/t17-/m0/s1. The van der Waals surface area contributed by atoms with Crippen LogP contribution in [0.2, 0.25) is 5.02 Å². The third-order valence-electron chi connectivity index (χ3n) is 5.66. The van der Waals surface area contributed by atoms with E-state index in [-0.39, 0.29) is 24.7 Å². The molecular formula is C27H24ClFN4O5. The maximum Gasteiger partial charge on any atom is 0.333 e. The number of nitrogens with zero attached hydrogens (tertiary/aromatic N) is 3. The molecule has 0 unspecified atom stereocenters. The van der Waals surface area contributed by atoms with Gasteiger partial charge in [0.1, 0.15) is 17.4 Å². The first kappa shape index (κ1) is 26.6. The van der Waals surface area contributed by atoms with E-state index in [0.29, 0.717) is 16.5 Å². The van der Waals surface area contributed by atoms with Crippen LogP contribution in [0.15, 0.2) is 82.5 Å². The summed E-state index contributed by atoms with van der Waals surface area (Å²) in [7, 11) is 1.25. The number of hydrogen-bond acceptors (Lipinski definition) is 7. The summed E-state index contributed by atoms with van der Waals surface area (Å²) in [4.78, 5) is 42.1. The van der Waals surface area contributed by atoms with Gasteiger partial charge in [-0.05, 0) is 55.0 Å². The summed E-state index contributed by atoms with van der Waals surface area (Å²) < 4.78 is 25.8.